The smallest absolute Gasteiger partial charge is 0.236 e. The largest absolute Gasteiger partial charge is 0.496 e. The maximum atomic E-state index is 11.4. The van der Waals surface area contributed by atoms with Crippen LogP contribution in [0, 0.1) is 6.92 Å². The van der Waals surface area contributed by atoms with E-state index in [2.05, 4.69) is 16.3 Å². The molecule has 19 heavy (non-hydrogen) atoms. The number of hydrogen-bond acceptors (Lipinski definition) is 4. The molecule has 0 radical (unpaired) electrons. The van der Waals surface area contributed by atoms with Crippen molar-refractivity contribution in [2.45, 2.75) is 19.5 Å². The van der Waals surface area contributed by atoms with Crippen LogP contribution in [0.2, 0.25) is 0 Å². The molecule has 0 spiro atoms. The zero-order valence-corrected chi connectivity index (χ0v) is 11.5. The molecule has 1 atom stereocenters. The summed E-state index contributed by atoms with van der Waals surface area (Å²) in [6.07, 6.45) is 0. The third-order valence-electron chi connectivity index (χ3n) is 3.53. The van der Waals surface area contributed by atoms with Crippen LogP contribution in [-0.4, -0.2) is 43.6 Å². The summed E-state index contributed by atoms with van der Waals surface area (Å²) in [5.74, 6) is 0.618. The Hall–Kier alpha value is -1.59. The van der Waals surface area contributed by atoms with E-state index in [0.29, 0.717) is 6.54 Å². The molecule has 2 rings (SSSR count). The Bertz CT molecular complexity index is 462. The first-order valence-electron chi connectivity index (χ1n) is 6.49. The van der Waals surface area contributed by atoms with Gasteiger partial charge in [-0.2, -0.15) is 0 Å². The molecule has 0 aliphatic carbocycles. The van der Waals surface area contributed by atoms with E-state index in [1.54, 1.807) is 7.11 Å². The van der Waals surface area contributed by atoms with Gasteiger partial charge in [0.2, 0.25) is 5.91 Å². The molecule has 5 nitrogen and oxygen atoms in total. The number of piperazine rings is 1. The fourth-order valence-electron chi connectivity index (χ4n) is 2.49. The van der Waals surface area contributed by atoms with E-state index in [1.807, 2.05) is 19.1 Å². The van der Waals surface area contributed by atoms with Gasteiger partial charge in [0.1, 0.15) is 11.8 Å². The molecule has 1 saturated heterocycles. The molecule has 0 bridgehead atoms. The number of amides is 1. The van der Waals surface area contributed by atoms with Gasteiger partial charge in [-0.25, -0.2) is 0 Å². The van der Waals surface area contributed by atoms with Gasteiger partial charge in [-0.1, -0.05) is 12.1 Å². The summed E-state index contributed by atoms with van der Waals surface area (Å²) in [6, 6.07) is 5.87. The highest BCUT2D eigenvalue weighted by Gasteiger charge is 2.26. The molecule has 5 heteroatoms. The molecule has 1 aliphatic heterocycles. The molecule has 1 fully saturated rings. The lowest BCUT2D eigenvalue weighted by molar-refractivity contribution is -0.124. The first-order chi connectivity index (χ1) is 9.11. The van der Waals surface area contributed by atoms with Crippen LogP contribution in [0.25, 0.3) is 0 Å². The number of nitrogens with zero attached hydrogens (tertiary/aromatic N) is 1. The van der Waals surface area contributed by atoms with Crippen molar-refractivity contribution in [3.63, 3.8) is 0 Å². The lowest BCUT2D eigenvalue weighted by Crippen LogP contribution is -2.56. The lowest BCUT2D eigenvalue weighted by Gasteiger charge is -2.34. The zero-order chi connectivity index (χ0) is 13.8. The van der Waals surface area contributed by atoms with E-state index >= 15 is 0 Å². The van der Waals surface area contributed by atoms with Crippen LogP contribution in [0.5, 0.6) is 5.75 Å². The zero-order valence-electron chi connectivity index (χ0n) is 11.5. The van der Waals surface area contributed by atoms with Crippen LogP contribution in [0.15, 0.2) is 18.2 Å². The van der Waals surface area contributed by atoms with E-state index in [4.69, 9.17) is 10.5 Å². The highest BCUT2D eigenvalue weighted by Crippen LogP contribution is 2.20. The lowest BCUT2D eigenvalue weighted by atomic mass is 10.1. The summed E-state index contributed by atoms with van der Waals surface area (Å²) in [6.45, 7) is 5.11. The molecule has 1 heterocycles. The molecule has 0 aromatic heterocycles. The number of carbonyl (C=O) groups is 1. The maximum absolute atomic E-state index is 11.4. The number of methoxy groups -OCH3 is 1. The van der Waals surface area contributed by atoms with Crippen molar-refractivity contribution >= 4 is 5.91 Å². The Kier molecular flexibility index (Phi) is 4.39. The number of nitrogens with two attached hydrogens (primary N) is 1. The molecule has 1 aromatic carbocycles. The molecule has 1 amide bonds. The van der Waals surface area contributed by atoms with Gasteiger partial charge < -0.3 is 15.8 Å². The number of ether oxygens (including phenoxy) is 1. The first kappa shape index (κ1) is 13.8. The standard InChI is InChI=1S/C14H21N3O2/c1-10-7-11(3-4-13(10)19-2)9-17-6-5-16-8-12(17)14(15)18/h3-4,7,12,16H,5-6,8-9H2,1-2H3,(H2,15,18). The third kappa shape index (κ3) is 3.24. The number of primary amides is 1. The van der Waals surface area contributed by atoms with Crippen molar-refractivity contribution in [2.24, 2.45) is 5.73 Å². The Balaban J connectivity index is 2.10. The van der Waals surface area contributed by atoms with Crippen LogP contribution < -0.4 is 15.8 Å². The predicted octanol–water partition coefficient (Wildman–Crippen LogP) is 0.263. The summed E-state index contributed by atoms with van der Waals surface area (Å²) in [4.78, 5) is 13.6. The second kappa shape index (κ2) is 6.04. The minimum absolute atomic E-state index is 0.226. The van der Waals surface area contributed by atoms with Gasteiger partial charge in [0.25, 0.3) is 0 Å². The number of carbonyl (C=O) groups excluding carboxylic acids is 1. The normalized spacial score (nSPS) is 20.2. The minimum atomic E-state index is -0.266. The van der Waals surface area contributed by atoms with Gasteiger partial charge in [0.15, 0.2) is 0 Å². The highest BCUT2D eigenvalue weighted by molar-refractivity contribution is 5.80. The summed E-state index contributed by atoms with van der Waals surface area (Å²) in [5, 5.41) is 3.20. The Morgan fingerprint density at radius 1 is 1.58 bits per heavy atom. The van der Waals surface area contributed by atoms with Gasteiger partial charge in [-0.3, -0.25) is 9.69 Å². The topological polar surface area (TPSA) is 67.6 Å². The average Bonchev–Trinajstić information content (AvgIpc) is 2.39. The van der Waals surface area contributed by atoms with Crippen LogP contribution >= 0.6 is 0 Å². The predicted molar refractivity (Wildman–Crippen MR) is 74.0 cm³/mol. The molecule has 104 valence electrons. The molecule has 0 saturated carbocycles. The van der Waals surface area contributed by atoms with E-state index in [1.165, 1.54) is 5.56 Å². The Labute approximate surface area is 113 Å². The second-order valence-corrected chi connectivity index (χ2v) is 4.90. The minimum Gasteiger partial charge on any atom is -0.496 e. The van der Waals surface area contributed by atoms with Crippen molar-refractivity contribution in [1.29, 1.82) is 0 Å². The maximum Gasteiger partial charge on any atom is 0.236 e. The third-order valence-corrected chi connectivity index (χ3v) is 3.53. The van der Waals surface area contributed by atoms with Gasteiger partial charge in [-0.15, -0.1) is 0 Å². The van der Waals surface area contributed by atoms with Crippen LogP contribution in [0.1, 0.15) is 11.1 Å². The fourth-order valence-corrected chi connectivity index (χ4v) is 2.49. The highest BCUT2D eigenvalue weighted by atomic mass is 16.5. The van der Waals surface area contributed by atoms with Crippen LogP contribution in [0.3, 0.4) is 0 Å². The number of rotatable bonds is 4. The summed E-state index contributed by atoms with van der Waals surface area (Å²) in [5.41, 5.74) is 7.72. The Morgan fingerprint density at radius 3 is 3.00 bits per heavy atom. The summed E-state index contributed by atoms with van der Waals surface area (Å²) in [7, 11) is 1.67. The first-order valence-corrected chi connectivity index (χ1v) is 6.49. The number of hydrogen-bond donors (Lipinski definition) is 2. The van der Waals surface area contributed by atoms with Crippen LogP contribution in [0.4, 0.5) is 0 Å². The molecule has 1 unspecified atom stereocenters. The van der Waals surface area contributed by atoms with Crippen LogP contribution in [-0.2, 0) is 11.3 Å². The SMILES string of the molecule is COc1ccc(CN2CCNCC2C(N)=O)cc1C. The van der Waals surface area contributed by atoms with Crippen molar-refractivity contribution in [3.8, 4) is 5.75 Å². The number of nitrogens with one attached hydrogen (secondary N) is 1. The van der Waals surface area contributed by atoms with Gasteiger partial charge in [-0.05, 0) is 24.1 Å². The van der Waals surface area contributed by atoms with Crippen molar-refractivity contribution in [1.82, 2.24) is 10.2 Å². The van der Waals surface area contributed by atoms with E-state index in [-0.39, 0.29) is 11.9 Å². The van der Waals surface area contributed by atoms with E-state index in [9.17, 15) is 4.79 Å². The second-order valence-electron chi connectivity index (χ2n) is 4.90. The van der Waals surface area contributed by atoms with Crippen molar-refractivity contribution < 1.29 is 9.53 Å². The van der Waals surface area contributed by atoms with Gasteiger partial charge in [0, 0.05) is 26.2 Å². The Morgan fingerprint density at radius 2 is 2.37 bits per heavy atom. The number of benzene rings is 1. The quantitative estimate of drug-likeness (QED) is 0.818. The summed E-state index contributed by atoms with van der Waals surface area (Å²) < 4.78 is 5.25. The van der Waals surface area contributed by atoms with E-state index < -0.39 is 0 Å². The fraction of sp³-hybridized carbons (Fsp3) is 0.500. The molecule has 1 aliphatic rings. The van der Waals surface area contributed by atoms with Gasteiger partial charge >= 0.3 is 0 Å². The summed E-state index contributed by atoms with van der Waals surface area (Å²) >= 11 is 0. The monoisotopic (exact) mass is 263 g/mol. The van der Waals surface area contributed by atoms with E-state index in [0.717, 1.165) is 30.9 Å². The number of aryl methyl sites for hydroxylation is 1. The van der Waals surface area contributed by atoms with Crippen molar-refractivity contribution in [3.05, 3.63) is 29.3 Å². The molecule has 3 N–H and O–H groups in total. The van der Waals surface area contributed by atoms with Crippen molar-refractivity contribution in [2.75, 3.05) is 26.7 Å². The average molecular weight is 263 g/mol. The molecular weight excluding hydrogens is 242 g/mol. The van der Waals surface area contributed by atoms with Gasteiger partial charge in [0.05, 0.1) is 7.11 Å². The molecule has 1 aromatic rings. The molecular formula is C14H21N3O2.